The molecule has 228 valence electrons. The Balaban J connectivity index is 1.58. The number of carbonyl (C=O) groups excluding carboxylic acids is 1. The zero-order valence-corrected chi connectivity index (χ0v) is 23.1. The van der Waals surface area contributed by atoms with E-state index < -0.39 is 41.5 Å². The predicted molar refractivity (Wildman–Crippen MR) is 147 cm³/mol. The number of nitrogens with zero attached hydrogens (tertiary/aromatic N) is 6. The topological polar surface area (TPSA) is 154 Å². The largest absolute Gasteiger partial charge is 0.491 e. The molecule has 1 amide bonds. The highest BCUT2D eigenvalue weighted by Gasteiger charge is 2.43. The molecule has 0 spiro atoms. The Bertz CT molecular complexity index is 1630. The van der Waals surface area contributed by atoms with Gasteiger partial charge in [0, 0.05) is 18.7 Å². The van der Waals surface area contributed by atoms with E-state index in [9.17, 15) is 27.5 Å². The molecule has 12 nitrogen and oxygen atoms in total. The van der Waals surface area contributed by atoms with E-state index in [1.54, 1.807) is 15.5 Å². The number of nitrogens with one attached hydrogen (secondary N) is 1. The Kier molecular flexibility index (Phi) is 8.32. The second-order valence-corrected chi connectivity index (χ2v) is 10.1. The maximum Gasteiger partial charge on any atom is 0.412 e. The van der Waals surface area contributed by atoms with E-state index in [0.717, 1.165) is 19.2 Å². The van der Waals surface area contributed by atoms with Crippen LogP contribution in [0.25, 0.3) is 22.4 Å². The number of anilines is 2. The third-order valence-electron chi connectivity index (χ3n) is 7.34. The number of alkyl halides is 2. The number of piperidine rings is 1. The zero-order valence-electron chi connectivity index (χ0n) is 23.1. The molecule has 0 aliphatic carbocycles. The first-order chi connectivity index (χ1) is 20.5. The van der Waals surface area contributed by atoms with E-state index in [0.29, 0.717) is 29.9 Å². The highest BCUT2D eigenvalue weighted by Crippen LogP contribution is 2.34. The Morgan fingerprint density at radius 3 is 2.58 bits per heavy atom. The molecule has 1 saturated heterocycles. The van der Waals surface area contributed by atoms with Crippen LogP contribution in [0.2, 0.25) is 0 Å². The van der Waals surface area contributed by atoms with Crippen molar-refractivity contribution in [2.75, 3.05) is 37.5 Å². The number of aromatic nitrogens is 5. The van der Waals surface area contributed by atoms with E-state index in [1.807, 2.05) is 0 Å². The molecule has 3 aromatic heterocycles. The number of amides is 1. The summed E-state index contributed by atoms with van der Waals surface area (Å²) in [6.07, 6.45) is -1.09. The average Bonchev–Trinajstić information content (AvgIpc) is 3.40. The van der Waals surface area contributed by atoms with Gasteiger partial charge >= 0.3 is 6.09 Å². The number of hydrogen-bond donors (Lipinski definition) is 3. The van der Waals surface area contributed by atoms with Crippen LogP contribution in [-0.4, -0.2) is 81.1 Å². The third-order valence-corrected chi connectivity index (χ3v) is 7.34. The van der Waals surface area contributed by atoms with Crippen molar-refractivity contribution in [2.45, 2.75) is 37.5 Å². The Morgan fingerprint density at radius 1 is 1.16 bits per heavy atom. The lowest BCUT2D eigenvalue weighted by molar-refractivity contribution is -0.0529. The van der Waals surface area contributed by atoms with E-state index in [4.69, 9.17) is 10.5 Å². The number of rotatable bonds is 8. The molecule has 0 unspecified atom stereocenters. The maximum absolute atomic E-state index is 14.6. The summed E-state index contributed by atoms with van der Waals surface area (Å²) in [5.41, 5.74) is 6.69. The first-order valence-electron chi connectivity index (χ1n) is 13.1. The van der Waals surface area contributed by atoms with E-state index in [1.165, 1.54) is 26.0 Å². The van der Waals surface area contributed by atoms with E-state index in [2.05, 4.69) is 30.0 Å². The number of fused-ring (bicyclic) bond motifs is 1. The summed E-state index contributed by atoms with van der Waals surface area (Å²) in [5, 5.41) is 12.7. The third kappa shape index (κ3) is 5.87. The summed E-state index contributed by atoms with van der Waals surface area (Å²) in [4.78, 5) is 30.6. The van der Waals surface area contributed by atoms with Gasteiger partial charge in [-0.15, -0.1) is 0 Å². The van der Waals surface area contributed by atoms with Crippen LogP contribution >= 0.6 is 0 Å². The fraction of sp³-hybridized carbons (Fsp3) is 0.370. The number of pyridine rings is 1. The molecule has 1 fully saturated rings. The monoisotopic (exact) mass is 604 g/mol. The van der Waals surface area contributed by atoms with Crippen LogP contribution in [0.15, 0.2) is 37.1 Å². The van der Waals surface area contributed by atoms with Crippen molar-refractivity contribution in [1.82, 2.24) is 24.5 Å². The SMILES string of the molecule is COC(=O)Nc1ncnc2c1ncn2Cc1cc(-c2cc(F)c(OC)c(F)c2)ncc1N1CCC[C@@](N)([C@H](O)C(F)F)C1. The molecule has 0 bridgehead atoms. The lowest BCUT2D eigenvalue weighted by Gasteiger charge is -2.44. The minimum atomic E-state index is -3.03. The molecule has 16 heteroatoms. The van der Waals surface area contributed by atoms with Gasteiger partial charge < -0.3 is 29.8 Å². The molecule has 0 radical (unpaired) electrons. The fourth-order valence-electron chi connectivity index (χ4n) is 5.19. The number of benzene rings is 1. The van der Waals surface area contributed by atoms with Crippen molar-refractivity contribution in [1.29, 1.82) is 0 Å². The number of imidazole rings is 1. The van der Waals surface area contributed by atoms with Gasteiger partial charge in [0.1, 0.15) is 12.4 Å². The van der Waals surface area contributed by atoms with Crippen LogP contribution in [0.4, 0.5) is 33.9 Å². The van der Waals surface area contributed by atoms with Crippen LogP contribution in [0.1, 0.15) is 18.4 Å². The summed E-state index contributed by atoms with van der Waals surface area (Å²) in [6, 6.07) is 3.78. The number of aliphatic hydroxyl groups is 1. The van der Waals surface area contributed by atoms with Gasteiger partial charge in [0.2, 0.25) is 0 Å². The Labute approximate surface area is 242 Å². The van der Waals surface area contributed by atoms with Crippen molar-refractivity contribution in [2.24, 2.45) is 5.73 Å². The van der Waals surface area contributed by atoms with Crippen molar-refractivity contribution in [3.63, 3.8) is 0 Å². The molecule has 1 aliphatic heterocycles. The Morgan fingerprint density at radius 2 is 1.91 bits per heavy atom. The van der Waals surface area contributed by atoms with Gasteiger partial charge in [0.05, 0.1) is 50.2 Å². The molecule has 1 aliphatic rings. The van der Waals surface area contributed by atoms with E-state index >= 15 is 0 Å². The van der Waals surface area contributed by atoms with Crippen molar-refractivity contribution in [3.05, 3.63) is 54.2 Å². The van der Waals surface area contributed by atoms with Crippen LogP contribution < -0.4 is 20.7 Å². The minimum absolute atomic E-state index is 0.0859. The average molecular weight is 605 g/mol. The summed E-state index contributed by atoms with van der Waals surface area (Å²) < 4.78 is 67.1. The molecule has 2 atom stereocenters. The van der Waals surface area contributed by atoms with Gasteiger partial charge in [-0.1, -0.05) is 0 Å². The van der Waals surface area contributed by atoms with Gasteiger partial charge in [-0.25, -0.2) is 37.3 Å². The summed E-state index contributed by atoms with van der Waals surface area (Å²) in [7, 11) is 2.35. The number of nitrogens with two attached hydrogens (primary N) is 1. The molecule has 1 aromatic carbocycles. The molecular formula is C27H28F4N8O4. The molecular weight excluding hydrogens is 576 g/mol. The first kappa shape index (κ1) is 29.9. The maximum atomic E-state index is 14.6. The molecule has 4 heterocycles. The second-order valence-electron chi connectivity index (χ2n) is 10.1. The fourth-order valence-corrected chi connectivity index (χ4v) is 5.19. The molecule has 4 aromatic rings. The van der Waals surface area contributed by atoms with Crippen molar-refractivity contribution < 1.29 is 36.9 Å². The molecule has 0 saturated carbocycles. The van der Waals surface area contributed by atoms with Gasteiger partial charge in [0.25, 0.3) is 6.43 Å². The summed E-state index contributed by atoms with van der Waals surface area (Å²) in [5.74, 6) is -2.26. The number of halogens is 4. The smallest absolute Gasteiger partial charge is 0.412 e. The van der Waals surface area contributed by atoms with Gasteiger partial charge in [0.15, 0.2) is 34.4 Å². The number of aliphatic hydroxyl groups excluding tert-OH is 1. The van der Waals surface area contributed by atoms with Crippen LogP contribution in [0.3, 0.4) is 0 Å². The van der Waals surface area contributed by atoms with Crippen molar-refractivity contribution in [3.8, 4) is 17.0 Å². The van der Waals surface area contributed by atoms with Crippen LogP contribution in [-0.2, 0) is 11.3 Å². The van der Waals surface area contributed by atoms with Gasteiger partial charge in [-0.2, -0.15) is 0 Å². The zero-order chi connectivity index (χ0) is 30.9. The molecule has 5 rings (SSSR count). The highest BCUT2D eigenvalue weighted by atomic mass is 19.3. The van der Waals surface area contributed by atoms with Gasteiger partial charge in [-0.05, 0) is 36.6 Å². The highest BCUT2D eigenvalue weighted by molar-refractivity contribution is 5.93. The summed E-state index contributed by atoms with van der Waals surface area (Å²) in [6.45, 7) is 0.412. The van der Waals surface area contributed by atoms with Crippen molar-refractivity contribution >= 4 is 28.8 Å². The predicted octanol–water partition coefficient (Wildman–Crippen LogP) is 3.33. The second kappa shape index (κ2) is 12.0. The number of hydrogen-bond acceptors (Lipinski definition) is 10. The number of ether oxygens (including phenoxy) is 2. The van der Waals surface area contributed by atoms with Gasteiger partial charge in [-0.3, -0.25) is 10.3 Å². The lowest BCUT2D eigenvalue weighted by atomic mass is 9.84. The van der Waals surface area contributed by atoms with Crippen LogP contribution in [0.5, 0.6) is 5.75 Å². The van der Waals surface area contributed by atoms with Crippen LogP contribution in [0, 0.1) is 11.6 Å². The lowest BCUT2D eigenvalue weighted by Crippen LogP contribution is -2.63. The normalized spacial score (nSPS) is 17.7. The molecule has 43 heavy (non-hydrogen) atoms. The molecule has 4 N–H and O–H groups in total. The Hall–Kier alpha value is -4.57. The minimum Gasteiger partial charge on any atom is -0.491 e. The number of methoxy groups -OCH3 is 2. The first-order valence-corrected chi connectivity index (χ1v) is 13.1. The quantitative estimate of drug-likeness (QED) is 0.255. The number of carbonyl (C=O) groups is 1. The standard InChI is InChI=1S/C27H28F4N8O4/c1-42-21-16(28)6-14(7-17(21)29)18-8-15(10-39-13-36-20-24(37-26(41)43-2)34-12-35-25(20)39)19(9-33-18)38-5-3-4-27(32,11-38)22(40)23(30)31/h6-9,12-13,22-23,40H,3-5,10-11,32H2,1-2H3,(H,34,35,37,41)/t22-,27+/m1/s1. The van der Waals surface area contributed by atoms with E-state index in [-0.39, 0.29) is 42.1 Å². The summed E-state index contributed by atoms with van der Waals surface area (Å²) >= 11 is 0.